The summed E-state index contributed by atoms with van der Waals surface area (Å²) >= 11 is 0. The van der Waals surface area contributed by atoms with Crippen LogP contribution >= 0.6 is 0 Å². The first-order chi connectivity index (χ1) is 10.2. The molecular formula is C18H23NO2. The van der Waals surface area contributed by atoms with Crippen molar-refractivity contribution in [2.75, 3.05) is 13.7 Å². The van der Waals surface area contributed by atoms with Crippen molar-refractivity contribution in [3.63, 3.8) is 0 Å². The quantitative estimate of drug-likeness (QED) is 0.770. The predicted molar refractivity (Wildman–Crippen MR) is 86.2 cm³/mol. The molecule has 0 spiro atoms. The van der Waals surface area contributed by atoms with Gasteiger partial charge in [0, 0.05) is 6.54 Å². The van der Waals surface area contributed by atoms with Crippen LogP contribution in [0.5, 0.6) is 17.2 Å². The zero-order valence-electron chi connectivity index (χ0n) is 13.0. The highest BCUT2D eigenvalue weighted by Gasteiger charge is 2.06. The second kappa shape index (κ2) is 7.70. The van der Waals surface area contributed by atoms with Crippen LogP contribution in [0, 0.1) is 6.92 Å². The fraction of sp³-hybridized carbons (Fsp3) is 0.333. The van der Waals surface area contributed by atoms with Gasteiger partial charge in [-0.3, -0.25) is 0 Å². The Morgan fingerprint density at radius 3 is 2.67 bits per heavy atom. The lowest BCUT2D eigenvalue weighted by Crippen LogP contribution is -2.13. The van der Waals surface area contributed by atoms with Crippen molar-refractivity contribution in [3.05, 3.63) is 53.6 Å². The third-order valence-electron chi connectivity index (χ3n) is 3.20. The summed E-state index contributed by atoms with van der Waals surface area (Å²) in [6, 6.07) is 14.1. The summed E-state index contributed by atoms with van der Waals surface area (Å²) in [5, 5.41) is 3.39. The van der Waals surface area contributed by atoms with E-state index in [1.165, 1.54) is 5.56 Å². The zero-order chi connectivity index (χ0) is 15.1. The first kappa shape index (κ1) is 15.4. The molecule has 1 N–H and O–H groups in total. The van der Waals surface area contributed by atoms with E-state index in [1.807, 2.05) is 37.3 Å². The van der Waals surface area contributed by atoms with Crippen LogP contribution in [0.2, 0.25) is 0 Å². The molecule has 0 aliphatic rings. The number of methoxy groups -OCH3 is 1. The van der Waals surface area contributed by atoms with Crippen molar-refractivity contribution in [2.24, 2.45) is 0 Å². The summed E-state index contributed by atoms with van der Waals surface area (Å²) in [6.45, 7) is 6.08. The average Bonchev–Trinajstić information content (AvgIpc) is 2.50. The molecule has 112 valence electrons. The molecule has 0 saturated heterocycles. The maximum Gasteiger partial charge on any atom is 0.169 e. The minimum absolute atomic E-state index is 0.738. The smallest absolute Gasteiger partial charge is 0.169 e. The predicted octanol–water partition coefficient (Wildman–Crippen LogP) is 4.30. The molecule has 0 aliphatic carbocycles. The Labute approximate surface area is 126 Å². The standard InChI is InChI=1S/C18H23NO2/c1-4-10-19-13-15-6-5-7-16(12-15)21-17-9-8-14(2)11-18(17)20-3/h5-9,11-12,19H,4,10,13H2,1-3H3. The van der Waals surface area contributed by atoms with Crippen molar-refractivity contribution in [2.45, 2.75) is 26.8 Å². The molecule has 0 radical (unpaired) electrons. The average molecular weight is 285 g/mol. The molecule has 0 aromatic heterocycles. The highest BCUT2D eigenvalue weighted by Crippen LogP contribution is 2.32. The van der Waals surface area contributed by atoms with Crippen molar-refractivity contribution in [3.8, 4) is 17.2 Å². The van der Waals surface area contributed by atoms with Gasteiger partial charge in [0.15, 0.2) is 11.5 Å². The van der Waals surface area contributed by atoms with E-state index in [1.54, 1.807) is 7.11 Å². The number of ether oxygens (including phenoxy) is 2. The van der Waals surface area contributed by atoms with Crippen LogP contribution < -0.4 is 14.8 Å². The van der Waals surface area contributed by atoms with Gasteiger partial charge < -0.3 is 14.8 Å². The van der Waals surface area contributed by atoms with E-state index in [9.17, 15) is 0 Å². The van der Waals surface area contributed by atoms with Crippen molar-refractivity contribution in [1.82, 2.24) is 5.32 Å². The molecule has 0 atom stereocenters. The van der Waals surface area contributed by atoms with Crippen LogP contribution in [-0.2, 0) is 6.54 Å². The van der Waals surface area contributed by atoms with E-state index >= 15 is 0 Å². The summed E-state index contributed by atoms with van der Waals surface area (Å²) in [7, 11) is 1.66. The summed E-state index contributed by atoms with van der Waals surface area (Å²) in [5.74, 6) is 2.32. The molecule has 0 unspecified atom stereocenters. The molecular weight excluding hydrogens is 262 g/mol. The zero-order valence-corrected chi connectivity index (χ0v) is 13.0. The topological polar surface area (TPSA) is 30.5 Å². The van der Waals surface area contributed by atoms with E-state index in [-0.39, 0.29) is 0 Å². The summed E-state index contributed by atoms with van der Waals surface area (Å²) in [5.41, 5.74) is 2.36. The Morgan fingerprint density at radius 2 is 1.90 bits per heavy atom. The van der Waals surface area contributed by atoms with Crippen LogP contribution in [0.15, 0.2) is 42.5 Å². The van der Waals surface area contributed by atoms with Gasteiger partial charge in [-0.25, -0.2) is 0 Å². The first-order valence-electron chi connectivity index (χ1n) is 7.35. The van der Waals surface area contributed by atoms with E-state index in [0.717, 1.165) is 42.3 Å². The van der Waals surface area contributed by atoms with Gasteiger partial charge in [0.2, 0.25) is 0 Å². The lowest BCUT2D eigenvalue weighted by atomic mass is 10.2. The molecule has 0 amide bonds. The van der Waals surface area contributed by atoms with Crippen molar-refractivity contribution < 1.29 is 9.47 Å². The molecule has 3 nitrogen and oxygen atoms in total. The normalized spacial score (nSPS) is 10.4. The fourth-order valence-corrected chi connectivity index (χ4v) is 2.11. The Bertz CT molecular complexity index is 581. The van der Waals surface area contributed by atoms with E-state index in [2.05, 4.69) is 24.4 Å². The highest BCUT2D eigenvalue weighted by atomic mass is 16.5. The van der Waals surface area contributed by atoms with Crippen LogP contribution in [0.3, 0.4) is 0 Å². The van der Waals surface area contributed by atoms with Gasteiger partial charge in [0.05, 0.1) is 7.11 Å². The molecule has 2 aromatic rings. The molecule has 0 bridgehead atoms. The van der Waals surface area contributed by atoms with Gasteiger partial charge in [0.1, 0.15) is 5.75 Å². The molecule has 0 fully saturated rings. The van der Waals surface area contributed by atoms with Crippen LogP contribution in [-0.4, -0.2) is 13.7 Å². The van der Waals surface area contributed by atoms with Gasteiger partial charge in [-0.15, -0.1) is 0 Å². The summed E-state index contributed by atoms with van der Waals surface area (Å²) in [4.78, 5) is 0. The first-order valence-corrected chi connectivity index (χ1v) is 7.35. The van der Waals surface area contributed by atoms with E-state index in [4.69, 9.17) is 9.47 Å². The van der Waals surface area contributed by atoms with Gasteiger partial charge in [-0.1, -0.05) is 25.1 Å². The van der Waals surface area contributed by atoms with Gasteiger partial charge >= 0.3 is 0 Å². The molecule has 2 rings (SSSR count). The van der Waals surface area contributed by atoms with E-state index < -0.39 is 0 Å². The molecule has 0 heterocycles. The van der Waals surface area contributed by atoms with Crippen LogP contribution in [0.1, 0.15) is 24.5 Å². The number of rotatable bonds is 7. The Morgan fingerprint density at radius 1 is 1.05 bits per heavy atom. The molecule has 0 saturated carbocycles. The molecule has 21 heavy (non-hydrogen) atoms. The van der Waals surface area contributed by atoms with Crippen LogP contribution in [0.25, 0.3) is 0 Å². The molecule has 2 aromatic carbocycles. The van der Waals surface area contributed by atoms with Crippen molar-refractivity contribution >= 4 is 0 Å². The number of hydrogen-bond donors (Lipinski definition) is 1. The Balaban J connectivity index is 2.10. The molecule has 3 heteroatoms. The Hall–Kier alpha value is -2.00. The van der Waals surface area contributed by atoms with Crippen molar-refractivity contribution in [1.29, 1.82) is 0 Å². The number of benzene rings is 2. The monoisotopic (exact) mass is 285 g/mol. The highest BCUT2D eigenvalue weighted by molar-refractivity contribution is 5.45. The molecule has 0 aliphatic heterocycles. The fourth-order valence-electron chi connectivity index (χ4n) is 2.11. The van der Waals surface area contributed by atoms with Gasteiger partial charge in [-0.2, -0.15) is 0 Å². The summed E-state index contributed by atoms with van der Waals surface area (Å²) in [6.07, 6.45) is 1.14. The maximum atomic E-state index is 5.95. The van der Waals surface area contributed by atoms with Crippen LogP contribution in [0.4, 0.5) is 0 Å². The third kappa shape index (κ3) is 4.50. The minimum Gasteiger partial charge on any atom is -0.493 e. The minimum atomic E-state index is 0.738. The second-order valence-electron chi connectivity index (χ2n) is 5.08. The lowest BCUT2D eigenvalue weighted by molar-refractivity contribution is 0.378. The number of aryl methyl sites for hydroxylation is 1. The maximum absolute atomic E-state index is 5.95. The summed E-state index contributed by atoms with van der Waals surface area (Å²) < 4.78 is 11.3. The largest absolute Gasteiger partial charge is 0.493 e. The Kier molecular flexibility index (Phi) is 5.64. The van der Waals surface area contributed by atoms with E-state index in [0.29, 0.717) is 0 Å². The third-order valence-corrected chi connectivity index (χ3v) is 3.20. The second-order valence-corrected chi connectivity index (χ2v) is 5.08. The number of hydrogen-bond acceptors (Lipinski definition) is 3. The number of nitrogens with one attached hydrogen (secondary N) is 1. The SMILES string of the molecule is CCCNCc1cccc(Oc2ccc(C)cc2OC)c1. The van der Waals surface area contributed by atoms with Gasteiger partial charge in [-0.05, 0) is 55.3 Å². The van der Waals surface area contributed by atoms with Gasteiger partial charge in [0.25, 0.3) is 0 Å². The lowest BCUT2D eigenvalue weighted by Gasteiger charge is -2.12.